The van der Waals surface area contributed by atoms with Gasteiger partial charge in [0.1, 0.15) is 0 Å². The van der Waals surface area contributed by atoms with E-state index in [0.29, 0.717) is 23.3 Å². The van der Waals surface area contributed by atoms with E-state index in [1.54, 1.807) is 13.2 Å². The van der Waals surface area contributed by atoms with Crippen LogP contribution in [0.2, 0.25) is 10.0 Å². The maximum absolute atomic E-state index is 6.28. The molecule has 1 rings (SSSR count). The maximum atomic E-state index is 6.28. The lowest BCUT2D eigenvalue weighted by Gasteiger charge is -2.19. The van der Waals surface area contributed by atoms with Crippen molar-refractivity contribution in [2.45, 2.75) is 32.7 Å². The maximum Gasteiger partial charge on any atom is 0.191 e. The number of benzene rings is 1. The van der Waals surface area contributed by atoms with Crippen molar-refractivity contribution in [2.75, 3.05) is 40.0 Å². The quantitative estimate of drug-likeness (QED) is 0.340. The van der Waals surface area contributed by atoms with Crippen molar-refractivity contribution in [3.63, 3.8) is 0 Å². The molecule has 142 valence electrons. The summed E-state index contributed by atoms with van der Waals surface area (Å²) in [6.45, 7) is 7.64. The molecule has 0 aliphatic carbocycles. The van der Waals surface area contributed by atoms with Crippen molar-refractivity contribution in [3.8, 4) is 0 Å². The first-order valence-corrected chi connectivity index (χ1v) is 9.40. The molecule has 0 saturated carbocycles. The van der Waals surface area contributed by atoms with Gasteiger partial charge in [0.2, 0.25) is 0 Å². The minimum Gasteiger partial charge on any atom is -0.382 e. The minimum atomic E-state index is 0.0277. The molecule has 7 heteroatoms. The first-order valence-electron chi connectivity index (χ1n) is 8.65. The molecule has 0 radical (unpaired) electrons. The molecule has 0 aromatic heterocycles. The van der Waals surface area contributed by atoms with Crippen molar-refractivity contribution < 1.29 is 9.47 Å². The lowest BCUT2D eigenvalue weighted by atomic mass is 10.1. The number of nitrogens with one attached hydrogen (secondary N) is 2. The average molecular weight is 390 g/mol. The highest BCUT2D eigenvalue weighted by Gasteiger charge is 2.11. The highest BCUT2D eigenvalue weighted by molar-refractivity contribution is 6.35. The third kappa shape index (κ3) is 9.31. The van der Waals surface area contributed by atoms with Crippen LogP contribution in [0, 0.1) is 0 Å². The van der Waals surface area contributed by atoms with Gasteiger partial charge in [0.05, 0.1) is 19.3 Å². The number of ether oxygens (including phenoxy) is 2. The van der Waals surface area contributed by atoms with Crippen LogP contribution in [0.5, 0.6) is 0 Å². The lowest BCUT2D eigenvalue weighted by Crippen LogP contribution is -2.38. The highest BCUT2D eigenvalue weighted by Crippen LogP contribution is 2.25. The van der Waals surface area contributed by atoms with E-state index in [0.717, 1.165) is 44.1 Å². The van der Waals surface area contributed by atoms with Gasteiger partial charge in [0.25, 0.3) is 0 Å². The molecule has 1 aromatic rings. The fourth-order valence-electron chi connectivity index (χ4n) is 2.21. The third-order valence-electron chi connectivity index (χ3n) is 3.52. The van der Waals surface area contributed by atoms with Crippen LogP contribution in [0.15, 0.2) is 23.2 Å². The van der Waals surface area contributed by atoms with Gasteiger partial charge in [-0.15, -0.1) is 0 Å². The Hall–Kier alpha value is -1.01. The molecule has 0 aliphatic rings. The summed E-state index contributed by atoms with van der Waals surface area (Å²) in [6, 6.07) is 5.56. The Kier molecular flexibility index (Phi) is 11.7. The molecular weight excluding hydrogens is 361 g/mol. The Morgan fingerprint density at radius 3 is 2.68 bits per heavy atom. The molecule has 0 fully saturated rings. The standard InChI is InChI=1S/C18H29Cl2N3O2/c1-4-21-18(22-9-5-6-10-25-12-11-24-3)23-14(2)16-8-7-15(19)13-17(16)20/h7-8,13-14H,4-6,9-12H2,1-3H3,(H2,21,22,23). The molecular formula is C18H29Cl2N3O2. The van der Waals surface area contributed by atoms with Crippen molar-refractivity contribution in [3.05, 3.63) is 33.8 Å². The number of nitrogens with zero attached hydrogens (tertiary/aromatic N) is 1. The Bertz CT molecular complexity index is 527. The van der Waals surface area contributed by atoms with E-state index in [9.17, 15) is 0 Å². The Morgan fingerprint density at radius 1 is 1.20 bits per heavy atom. The number of guanidine groups is 1. The largest absolute Gasteiger partial charge is 0.382 e. The first kappa shape index (κ1) is 22.0. The molecule has 0 bridgehead atoms. The summed E-state index contributed by atoms with van der Waals surface area (Å²) >= 11 is 12.2. The van der Waals surface area contributed by atoms with Crippen LogP contribution in [0.4, 0.5) is 0 Å². The Balaban J connectivity index is 2.44. The molecule has 0 heterocycles. The van der Waals surface area contributed by atoms with Crippen LogP contribution < -0.4 is 10.6 Å². The predicted octanol–water partition coefficient (Wildman–Crippen LogP) is 4.05. The second-order valence-electron chi connectivity index (χ2n) is 5.60. The van der Waals surface area contributed by atoms with E-state index in [-0.39, 0.29) is 6.04 Å². The molecule has 5 nitrogen and oxygen atoms in total. The van der Waals surface area contributed by atoms with Gasteiger partial charge in [-0.1, -0.05) is 29.3 Å². The molecule has 25 heavy (non-hydrogen) atoms. The van der Waals surface area contributed by atoms with E-state index in [1.807, 2.05) is 26.0 Å². The van der Waals surface area contributed by atoms with Crippen LogP contribution >= 0.6 is 23.2 Å². The van der Waals surface area contributed by atoms with Crippen molar-refractivity contribution in [2.24, 2.45) is 4.99 Å². The summed E-state index contributed by atoms with van der Waals surface area (Å²) in [5.74, 6) is 0.779. The van der Waals surface area contributed by atoms with Crippen LogP contribution in [0.1, 0.15) is 38.3 Å². The number of halogens is 2. The van der Waals surface area contributed by atoms with Gasteiger partial charge in [-0.3, -0.25) is 4.99 Å². The van der Waals surface area contributed by atoms with Crippen LogP contribution in [-0.4, -0.2) is 46.0 Å². The van der Waals surface area contributed by atoms with E-state index < -0.39 is 0 Å². The monoisotopic (exact) mass is 389 g/mol. The number of methoxy groups -OCH3 is 1. The second-order valence-corrected chi connectivity index (χ2v) is 6.45. The van der Waals surface area contributed by atoms with Gasteiger partial charge in [-0.25, -0.2) is 0 Å². The van der Waals surface area contributed by atoms with E-state index in [2.05, 4.69) is 15.6 Å². The van der Waals surface area contributed by atoms with E-state index in [4.69, 9.17) is 32.7 Å². The summed E-state index contributed by atoms with van der Waals surface area (Å²) in [7, 11) is 1.67. The number of unbranched alkanes of at least 4 members (excludes halogenated alkanes) is 1. The number of rotatable bonds is 11. The lowest BCUT2D eigenvalue weighted by molar-refractivity contribution is 0.0690. The molecule has 0 amide bonds. The summed E-state index contributed by atoms with van der Waals surface area (Å²) in [6.07, 6.45) is 1.95. The van der Waals surface area contributed by atoms with E-state index in [1.165, 1.54) is 0 Å². The zero-order valence-electron chi connectivity index (χ0n) is 15.3. The molecule has 0 spiro atoms. The SMILES string of the molecule is CCNC(=NCCCCOCCOC)NC(C)c1ccc(Cl)cc1Cl. The van der Waals surface area contributed by atoms with Crippen LogP contribution in [0.3, 0.4) is 0 Å². The topological polar surface area (TPSA) is 54.9 Å². The van der Waals surface area contributed by atoms with Crippen LogP contribution in [0.25, 0.3) is 0 Å². The molecule has 1 aromatic carbocycles. The van der Waals surface area contributed by atoms with Gasteiger partial charge >= 0.3 is 0 Å². The molecule has 0 aliphatic heterocycles. The second kappa shape index (κ2) is 13.2. The number of hydrogen-bond donors (Lipinski definition) is 2. The normalized spacial score (nSPS) is 12.9. The van der Waals surface area contributed by atoms with Gasteiger partial charge in [-0.2, -0.15) is 0 Å². The predicted molar refractivity (Wildman–Crippen MR) is 106 cm³/mol. The fourth-order valence-corrected chi connectivity index (χ4v) is 2.78. The summed E-state index contributed by atoms with van der Waals surface area (Å²) in [4.78, 5) is 4.61. The highest BCUT2D eigenvalue weighted by atomic mass is 35.5. The van der Waals surface area contributed by atoms with Crippen LogP contribution in [-0.2, 0) is 9.47 Å². The van der Waals surface area contributed by atoms with Crippen molar-refractivity contribution in [1.82, 2.24) is 10.6 Å². The zero-order chi connectivity index (χ0) is 18.5. The summed E-state index contributed by atoms with van der Waals surface area (Å²) in [5.41, 5.74) is 0.989. The van der Waals surface area contributed by atoms with Crippen molar-refractivity contribution in [1.29, 1.82) is 0 Å². The summed E-state index contributed by atoms with van der Waals surface area (Å²) in [5, 5.41) is 7.91. The number of hydrogen-bond acceptors (Lipinski definition) is 3. The van der Waals surface area contributed by atoms with Gasteiger partial charge in [0.15, 0.2) is 5.96 Å². The van der Waals surface area contributed by atoms with Gasteiger partial charge in [0, 0.05) is 36.9 Å². The van der Waals surface area contributed by atoms with Crippen molar-refractivity contribution >= 4 is 29.2 Å². The Labute approximate surface area is 161 Å². The molecule has 2 N–H and O–H groups in total. The van der Waals surface area contributed by atoms with E-state index >= 15 is 0 Å². The fraction of sp³-hybridized carbons (Fsp3) is 0.611. The van der Waals surface area contributed by atoms with Gasteiger partial charge < -0.3 is 20.1 Å². The molecule has 1 atom stereocenters. The number of aliphatic imine (C=N–C) groups is 1. The smallest absolute Gasteiger partial charge is 0.191 e. The molecule has 1 unspecified atom stereocenters. The summed E-state index contributed by atoms with van der Waals surface area (Å²) < 4.78 is 10.4. The van der Waals surface area contributed by atoms with Gasteiger partial charge in [-0.05, 0) is 44.4 Å². The third-order valence-corrected chi connectivity index (χ3v) is 4.09. The Morgan fingerprint density at radius 2 is 2.00 bits per heavy atom. The minimum absolute atomic E-state index is 0.0277. The average Bonchev–Trinajstić information content (AvgIpc) is 2.57. The first-order chi connectivity index (χ1) is 12.1. The molecule has 0 saturated heterocycles. The zero-order valence-corrected chi connectivity index (χ0v) is 16.8.